The number of nitrogens with zero attached hydrogens (tertiary/aromatic N) is 3. The zero-order valence-corrected chi connectivity index (χ0v) is 21.2. The van der Waals surface area contributed by atoms with Gasteiger partial charge < -0.3 is 15.1 Å². The predicted octanol–water partition coefficient (Wildman–Crippen LogP) is 5.36. The van der Waals surface area contributed by atoms with Gasteiger partial charge >= 0.3 is 6.03 Å². The number of piperidine rings is 1. The maximum Gasteiger partial charge on any atom is 0.317 e. The maximum atomic E-state index is 13.2. The van der Waals surface area contributed by atoms with Gasteiger partial charge in [0.2, 0.25) is 0 Å². The summed E-state index contributed by atoms with van der Waals surface area (Å²) in [6, 6.07) is 18.2. The lowest BCUT2D eigenvalue weighted by Crippen LogP contribution is -2.46. The van der Waals surface area contributed by atoms with Gasteiger partial charge in [-0.25, -0.2) is 9.78 Å². The molecule has 1 atom stereocenters. The van der Waals surface area contributed by atoms with Gasteiger partial charge in [-0.2, -0.15) is 0 Å². The minimum absolute atomic E-state index is 0.000729. The highest BCUT2D eigenvalue weighted by atomic mass is 32.2. The molecule has 1 unspecified atom stereocenters. The number of pyridine rings is 1. The molecular formula is C28H32N4O2S. The topological polar surface area (TPSA) is 65.5 Å². The Balaban J connectivity index is 1.19. The Morgan fingerprint density at radius 2 is 1.69 bits per heavy atom. The molecule has 1 N–H and O–H groups in total. The van der Waals surface area contributed by atoms with E-state index in [0.29, 0.717) is 5.56 Å². The Bertz CT molecular complexity index is 1230. The second-order valence-electron chi connectivity index (χ2n) is 9.76. The molecule has 0 radical (unpaired) electrons. The third-order valence-corrected chi connectivity index (χ3v) is 8.37. The minimum atomic E-state index is -0.0743. The summed E-state index contributed by atoms with van der Waals surface area (Å²) >= 11 is 1.50. The van der Waals surface area contributed by atoms with Crippen LogP contribution in [0, 0.1) is 5.41 Å². The minimum Gasteiger partial charge on any atom is -0.339 e. The van der Waals surface area contributed by atoms with E-state index in [1.54, 1.807) is 6.20 Å². The van der Waals surface area contributed by atoms with E-state index in [-0.39, 0.29) is 23.4 Å². The fourth-order valence-corrected chi connectivity index (χ4v) is 6.11. The van der Waals surface area contributed by atoms with Gasteiger partial charge in [-0.15, -0.1) is 11.8 Å². The first kappa shape index (κ1) is 23.7. The summed E-state index contributed by atoms with van der Waals surface area (Å²) in [5.74, 6) is 0.0637. The van der Waals surface area contributed by atoms with Gasteiger partial charge in [-0.05, 0) is 66.3 Å². The van der Waals surface area contributed by atoms with E-state index in [1.807, 2.05) is 46.4 Å². The Morgan fingerprint density at radius 3 is 2.46 bits per heavy atom. The van der Waals surface area contributed by atoms with Crippen molar-refractivity contribution in [2.24, 2.45) is 5.41 Å². The second-order valence-corrected chi connectivity index (χ2v) is 10.6. The van der Waals surface area contributed by atoms with Crippen molar-refractivity contribution in [3.05, 3.63) is 71.9 Å². The third-order valence-electron chi connectivity index (χ3n) is 7.66. The normalized spacial score (nSPS) is 18.1. The highest BCUT2D eigenvalue weighted by molar-refractivity contribution is 7.98. The Morgan fingerprint density at radius 1 is 0.971 bits per heavy atom. The quantitative estimate of drug-likeness (QED) is 0.503. The number of carbonyl (C=O) groups is 2. The molecule has 0 saturated carbocycles. The molecule has 182 valence electrons. The molecule has 2 aliphatic heterocycles. The number of urea groups is 1. The van der Waals surface area contributed by atoms with E-state index < -0.39 is 0 Å². The van der Waals surface area contributed by atoms with E-state index in [4.69, 9.17) is 0 Å². The second kappa shape index (κ2) is 9.90. The van der Waals surface area contributed by atoms with Gasteiger partial charge in [-0.3, -0.25) is 4.79 Å². The monoisotopic (exact) mass is 488 g/mol. The molecule has 2 fully saturated rings. The molecule has 3 heterocycles. The van der Waals surface area contributed by atoms with E-state index in [0.717, 1.165) is 56.0 Å². The fourth-order valence-electron chi connectivity index (χ4n) is 5.57. The fraction of sp³-hybridized carbons (Fsp3) is 0.393. The average Bonchev–Trinajstić information content (AvgIpc) is 3.31. The average molecular weight is 489 g/mol. The van der Waals surface area contributed by atoms with Crippen molar-refractivity contribution in [2.75, 3.05) is 32.4 Å². The number of rotatable bonds is 4. The number of hydrogen-bond acceptors (Lipinski definition) is 4. The number of amides is 3. The molecule has 5 rings (SSSR count). The molecule has 35 heavy (non-hydrogen) atoms. The summed E-state index contributed by atoms with van der Waals surface area (Å²) in [5, 5.41) is 6.37. The molecule has 7 heteroatoms. The molecule has 2 aromatic carbocycles. The highest BCUT2D eigenvalue weighted by Gasteiger charge is 2.43. The summed E-state index contributed by atoms with van der Waals surface area (Å²) < 4.78 is 0. The molecule has 3 amide bonds. The summed E-state index contributed by atoms with van der Waals surface area (Å²) in [6.45, 7) is 5.02. The molecule has 1 spiro atoms. The van der Waals surface area contributed by atoms with Gasteiger partial charge in [-0.1, -0.05) is 42.5 Å². The van der Waals surface area contributed by atoms with Crippen molar-refractivity contribution < 1.29 is 9.59 Å². The Labute approximate surface area is 211 Å². The molecule has 0 bridgehead atoms. The lowest BCUT2D eigenvalue weighted by Gasteiger charge is -2.39. The number of aromatic nitrogens is 1. The van der Waals surface area contributed by atoms with Crippen LogP contribution < -0.4 is 5.32 Å². The van der Waals surface area contributed by atoms with Gasteiger partial charge in [0.1, 0.15) is 5.03 Å². The van der Waals surface area contributed by atoms with Crippen molar-refractivity contribution in [1.29, 1.82) is 0 Å². The van der Waals surface area contributed by atoms with Crippen molar-refractivity contribution in [3.63, 3.8) is 0 Å². The van der Waals surface area contributed by atoms with Crippen LogP contribution >= 0.6 is 11.8 Å². The molecule has 2 aliphatic rings. The van der Waals surface area contributed by atoms with Crippen LogP contribution in [-0.4, -0.2) is 59.2 Å². The Hall–Kier alpha value is -3.06. The first-order valence-electron chi connectivity index (χ1n) is 12.3. The number of fused-ring (bicyclic) bond motifs is 1. The molecule has 6 nitrogen and oxygen atoms in total. The highest BCUT2D eigenvalue weighted by Crippen LogP contribution is 2.41. The summed E-state index contributed by atoms with van der Waals surface area (Å²) in [4.78, 5) is 34.5. The number of benzene rings is 2. The van der Waals surface area contributed by atoms with Crippen LogP contribution in [0.2, 0.25) is 0 Å². The number of thioether (sulfide) groups is 1. The number of likely N-dealkylation sites (tertiary alicyclic amines) is 2. The summed E-state index contributed by atoms with van der Waals surface area (Å²) in [6.07, 6.45) is 6.53. The first-order chi connectivity index (χ1) is 17.0. The van der Waals surface area contributed by atoms with Crippen molar-refractivity contribution in [1.82, 2.24) is 20.1 Å². The first-order valence-corrected chi connectivity index (χ1v) is 13.5. The van der Waals surface area contributed by atoms with Crippen LogP contribution in [0.15, 0.2) is 65.8 Å². The zero-order valence-electron chi connectivity index (χ0n) is 20.4. The molecular weight excluding hydrogens is 456 g/mol. The largest absolute Gasteiger partial charge is 0.339 e. The maximum absolute atomic E-state index is 13.2. The van der Waals surface area contributed by atoms with Crippen LogP contribution in [0.1, 0.15) is 48.1 Å². The van der Waals surface area contributed by atoms with Crippen molar-refractivity contribution in [2.45, 2.75) is 37.3 Å². The summed E-state index contributed by atoms with van der Waals surface area (Å²) in [7, 11) is 0. The van der Waals surface area contributed by atoms with E-state index in [9.17, 15) is 9.59 Å². The third kappa shape index (κ3) is 4.74. The van der Waals surface area contributed by atoms with Crippen LogP contribution in [-0.2, 0) is 0 Å². The number of nitrogens with one attached hydrogen (secondary N) is 1. The van der Waals surface area contributed by atoms with Gasteiger partial charge in [0.15, 0.2) is 0 Å². The van der Waals surface area contributed by atoms with E-state index >= 15 is 0 Å². The SMILES string of the molecule is CSc1ncccc1C(=O)N1CCC2(CCN(C(=O)NC(C)c3cccc4ccccc34)C2)CC1. The van der Waals surface area contributed by atoms with E-state index in [2.05, 4.69) is 41.5 Å². The van der Waals surface area contributed by atoms with Crippen molar-refractivity contribution in [3.8, 4) is 0 Å². The zero-order chi connectivity index (χ0) is 24.4. The van der Waals surface area contributed by atoms with Gasteiger partial charge in [0.05, 0.1) is 11.6 Å². The molecule has 1 aromatic heterocycles. The van der Waals surface area contributed by atoms with Gasteiger partial charge in [0.25, 0.3) is 5.91 Å². The van der Waals surface area contributed by atoms with Crippen LogP contribution in [0.4, 0.5) is 4.79 Å². The number of carbonyl (C=O) groups excluding carboxylic acids is 2. The molecule has 2 saturated heterocycles. The van der Waals surface area contributed by atoms with E-state index in [1.165, 1.54) is 22.5 Å². The lowest BCUT2D eigenvalue weighted by atomic mass is 9.77. The smallest absolute Gasteiger partial charge is 0.317 e. The molecule has 0 aliphatic carbocycles. The van der Waals surface area contributed by atoms with Gasteiger partial charge in [0, 0.05) is 32.4 Å². The summed E-state index contributed by atoms with van der Waals surface area (Å²) in [5.41, 5.74) is 1.93. The standard InChI is InChI=1S/C28H32N4O2S/c1-20(22-10-5-8-21-7-3-4-9-23(21)22)30-27(34)32-18-14-28(19-32)12-16-31(17-13-28)26(33)24-11-6-15-29-25(24)35-2/h3-11,15,20H,12-14,16-19H2,1-2H3,(H,30,34). The number of hydrogen-bond donors (Lipinski definition) is 1. The van der Waals surface area contributed by atoms with Crippen LogP contribution in [0.5, 0.6) is 0 Å². The van der Waals surface area contributed by atoms with Crippen LogP contribution in [0.3, 0.4) is 0 Å². The predicted molar refractivity (Wildman–Crippen MR) is 141 cm³/mol. The Kier molecular flexibility index (Phi) is 6.69. The lowest BCUT2D eigenvalue weighted by molar-refractivity contribution is 0.0589. The van der Waals surface area contributed by atoms with Crippen LogP contribution in [0.25, 0.3) is 10.8 Å². The van der Waals surface area contributed by atoms with Crippen molar-refractivity contribution >= 4 is 34.5 Å². The molecule has 3 aromatic rings.